The van der Waals surface area contributed by atoms with Crippen molar-refractivity contribution >= 4 is 5.91 Å². The van der Waals surface area contributed by atoms with Gasteiger partial charge in [0, 0.05) is 6.42 Å². The number of carbonyl (C=O) groups excluding carboxylic acids is 1. The summed E-state index contributed by atoms with van der Waals surface area (Å²) in [6.45, 7) is 4.13. The minimum Gasteiger partial charge on any atom is -0.394 e. The molecular formula is C36H63NO3. The Kier molecular flexibility index (Phi) is 30.1. The van der Waals surface area contributed by atoms with Crippen LogP contribution in [0.4, 0.5) is 0 Å². The number of amides is 1. The van der Waals surface area contributed by atoms with Crippen LogP contribution in [0.15, 0.2) is 60.8 Å². The molecule has 0 aromatic rings. The minimum absolute atomic E-state index is 0.0903. The van der Waals surface area contributed by atoms with Crippen LogP contribution in [0.5, 0.6) is 0 Å². The van der Waals surface area contributed by atoms with E-state index in [-0.39, 0.29) is 12.5 Å². The first-order valence-electron chi connectivity index (χ1n) is 16.5. The lowest BCUT2D eigenvalue weighted by Gasteiger charge is -2.19. The van der Waals surface area contributed by atoms with Crippen LogP contribution in [0.3, 0.4) is 0 Å². The Labute approximate surface area is 247 Å². The fraction of sp³-hybridized carbons (Fsp3) is 0.694. The third-order valence-corrected chi connectivity index (χ3v) is 6.98. The molecule has 0 aliphatic heterocycles. The van der Waals surface area contributed by atoms with Gasteiger partial charge in [0.2, 0.25) is 5.91 Å². The summed E-state index contributed by atoms with van der Waals surface area (Å²) < 4.78 is 0. The van der Waals surface area contributed by atoms with E-state index in [4.69, 9.17) is 0 Å². The molecule has 4 nitrogen and oxygen atoms in total. The summed E-state index contributed by atoms with van der Waals surface area (Å²) in [5.74, 6) is -0.0903. The molecule has 40 heavy (non-hydrogen) atoms. The molecule has 0 aromatic heterocycles. The maximum atomic E-state index is 12.3. The monoisotopic (exact) mass is 557 g/mol. The van der Waals surface area contributed by atoms with Crippen molar-refractivity contribution in [2.75, 3.05) is 6.61 Å². The average molecular weight is 558 g/mol. The minimum atomic E-state index is -0.865. The fourth-order valence-electron chi connectivity index (χ4n) is 4.44. The van der Waals surface area contributed by atoms with Crippen LogP contribution in [0.2, 0.25) is 0 Å². The number of rotatable bonds is 28. The highest BCUT2D eigenvalue weighted by Crippen LogP contribution is 2.11. The maximum absolute atomic E-state index is 12.3. The molecule has 3 N–H and O–H groups in total. The second-order valence-corrected chi connectivity index (χ2v) is 10.8. The lowest BCUT2D eigenvalue weighted by Crippen LogP contribution is -2.45. The summed E-state index contributed by atoms with van der Waals surface area (Å²) in [5, 5.41) is 22.7. The van der Waals surface area contributed by atoms with E-state index in [0.717, 1.165) is 64.2 Å². The highest BCUT2D eigenvalue weighted by molar-refractivity contribution is 5.76. The van der Waals surface area contributed by atoms with E-state index in [1.54, 1.807) is 6.08 Å². The van der Waals surface area contributed by atoms with Gasteiger partial charge in [-0.1, -0.05) is 132 Å². The smallest absolute Gasteiger partial charge is 0.220 e. The van der Waals surface area contributed by atoms with Crippen LogP contribution in [0.1, 0.15) is 142 Å². The van der Waals surface area contributed by atoms with E-state index >= 15 is 0 Å². The Balaban J connectivity index is 3.73. The first kappa shape index (κ1) is 38.1. The van der Waals surface area contributed by atoms with Crippen LogP contribution in [-0.2, 0) is 4.79 Å². The van der Waals surface area contributed by atoms with Gasteiger partial charge in [0.05, 0.1) is 18.8 Å². The van der Waals surface area contributed by atoms with E-state index < -0.39 is 12.1 Å². The molecule has 1 amide bonds. The van der Waals surface area contributed by atoms with Crippen molar-refractivity contribution in [3.05, 3.63) is 60.8 Å². The zero-order chi connectivity index (χ0) is 29.4. The zero-order valence-corrected chi connectivity index (χ0v) is 26.1. The molecule has 0 saturated carbocycles. The van der Waals surface area contributed by atoms with Crippen LogP contribution >= 0.6 is 0 Å². The van der Waals surface area contributed by atoms with E-state index in [1.165, 1.54) is 57.8 Å². The summed E-state index contributed by atoms with van der Waals surface area (Å²) in [4.78, 5) is 12.3. The Hall–Kier alpha value is -1.91. The molecule has 0 radical (unpaired) electrons. The Morgan fingerprint density at radius 3 is 1.75 bits per heavy atom. The van der Waals surface area contributed by atoms with E-state index in [1.807, 2.05) is 6.08 Å². The second kappa shape index (κ2) is 31.6. The predicted molar refractivity (Wildman–Crippen MR) is 174 cm³/mol. The first-order valence-corrected chi connectivity index (χ1v) is 16.5. The van der Waals surface area contributed by atoms with Crippen molar-refractivity contribution in [2.45, 2.75) is 154 Å². The van der Waals surface area contributed by atoms with Gasteiger partial charge in [-0.05, 0) is 64.2 Å². The first-order chi connectivity index (χ1) is 19.7. The van der Waals surface area contributed by atoms with Crippen molar-refractivity contribution in [3.63, 3.8) is 0 Å². The summed E-state index contributed by atoms with van der Waals surface area (Å²) in [6, 6.07) is -0.643. The summed E-state index contributed by atoms with van der Waals surface area (Å²) >= 11 is 0. The van der Waals surface area contributed by atoms with E-state index in [0.29, 0.717) is 6.42 Å². The molecule has 0 spiro atoms. The molecule has 0 aliphatic carbocycles. The number of nitrogens with one attached hydrogen (secondary N) is 1. The number of unbranched alkanes of at least 4 members (excludes halogenated alkanes) is 13. The van der Waals surface area contributed by atoms with E-state index in [9.17, 15) is 15.0 Å². The fourth-order valence-corrected chi connectivity index (χ4v) is 4.44. The molecule has 0 bridgehead atoms. The van der Waals surface area contributed by atoms with Crippen LogP contribution in [0, 0.1) is 0 Å². The van der Waals surface area contributed by atoms with Gasteiger partial charge in [0.25, 0.3) is 0 Å². The molecule has 0 aromatic carbocycles. The quantitative estimate of drug-likeness (QED) is 0.0663. The molecule has 0 heterocycles. The molecule has 0 rings (SSSR count). The van der Waals surface area contributed by atoms with Gasteiger partial charge in [0.15, 0.2) is 0 Å². The Morgan fingerprint density at radius 1 is 0.625 bits per heavy atom. The molecule has 0 aliphatic rings. The number of aliphatic hydroxyl groups excluding tert-OH is 2. The Morgan fingerprint density at radius 2 is 1.12 bits per heavy atom. The lowest BCUT2D eigenvalue weighted by molar-refractivity contribution is -0.123. The number of aliphatic hydroxyl groups is 2. The van der Waals surface area contributed by atoms with Crippen LogP contribution in [-0.4, -0.2) is 34.9 Å². The molecular weight excluding hydrogens is 494 g/mol. The summed E-state index contributed by atoms with van der Waals surface area (Å²) in [7, 11) is 0. The standard InChI is InChI=1S/C36H63NO3/c1-3-5-7-9-11-13-15-16-17-18-19-20-22-24-26-28-30-32-36(40)37-34(33-38)35(39)31-29-27-25-23-21-14-12-10-8-6-4-2/h5,7,11,13,16-17,21,23,29,31,34-35,38-39H,3-4,6,8-10,12,14-15,18-20,22,24-28,30,32-33H2,1-2H3,(H,37,40)/b7-5-,13-11-,17-16-,23-21+,31-29+. The molecule has 0 fully saturated rings. The van der Waals surface area contributed by atoms with E-state index in [2.05, 4.69) is 67.8 Å². The van der Waals surface area contributed by atoms with Gasteiger partial charge >= 0.3 is 0 Å². The SMILES string of the molecule is CC/C=C\C/C=C\C/C=C\CCCCCCCCCC(=O)NC(CO)C(O)/C=C/CC/C=C/CCCCCCC. The van der Waals surface area contributed by atoms with Gasteiger partial charge in [-0.25, -0.2) is 0 Å². The van der Waals surface area contributed by atoms with Crippen molar-refractivity contribution in [1.82, 2.24) is 5.32 Å². The third kappa shape index (κ3) is 27.6. The topological polar surface area (TPSA) is 69.6 Å². The average Bonchev–Trinajstić information content (AvgIpc) is 2.96. The van der Waals surface area contributed by atoms with Crippen molar-refractivity contribution in [2.24, 2.45) is 0 Å². The van der Waals surface area contributed by atoms with Crippen molar-refractivity contribution < 1.29 is 15.0 Å². The van der Waals surface area contributed by atoms with Crippen LogP contribution in [0.25, 0.3) is 0 Å². The molecule has 2 atom stereocenters. The van der Waals surface area contributed by atoms with Crippen molar-refractivity contribution in [1.29, 1.82) is 0 Å². The lowest BCUT2D eigenvalue weighted by atomic mass is 10.1. The molecule has 2 unspecified atom stereocenters. The van der Waals surface area contributed by atoms with Gasteiger partial charge in [-0.3, -0.25) is 4.79 Å². The van der Waals surface area contributed by atoms with Crippen molar-refractivity contribution in [3.8, 4) is 0 Å². The largest absolute Gasteiger partial charge is 0.394 e. The van der Waals surface area contributed by atoms with Gasteiger partial charge in [-0.15, -0.1) is 0 Å². The van der Waals surface area contributed by atoms with Gasteiger partial charge in [0.1, 0.15) is 0 Å². The van der Waals surface area contributed by atoms with Crippen LogP contribution < -0.4 is 5.32 Å². The zero-order valence-electron chi connectivity index (χ0n) is 26.1. The highest BCUT2D eigenvalue weighted by atomic mass is 16.3. The van der Waals surface area contributed by atoms with Gasteiger partial charge < -0.3 is 15.5 Å². The molecule has 0 saturated heterocycles. The number of hydrogen-bond acceptors (Lipinski definition) is 3. The predicted octanol–water partition coefficient (Wildman–Crippen LogP) is 9.45. The summed E-state index contributed by atoms with van der Waals surface area (Å²) in [5.41, 5.74) is 0. The Bertz CT molecular complexity index is 692. The normalized spacial score (nSPS) is 14.0. The third-order valence-electron chi connectivity index (χ3n) is 6.98. The number of carbonyl (C=O) groups is 1. The van der Waals surface area contributed by atoms with Gasteiger partial charge in [-0.2, -0.15) is 0 Å². The molecule has 4 heteroatoms. The molecule has 230 valence electrons. The number of hydrogen-bond donors (Lipinski definition) is 3. The number of allylic oxidation sites excluding steroid dienone is 9. The highest BCUT2D eigenvalue weighted by Gasteiger charge is 2.17. The summed E-state index contributed by atoms with van der Waals surface area (Å²) in [6.07, 6.45) is 42.9. The maximum Gasteiger partial charge on any atom is 0.220 e. The second-order valence-electron chi connectivity index (χ2n) is 10.8.